The highest BCUT2D eigenvalue weighted by molar-refractivity contribution is 6.07. The Bertz CT molecular complexity index is 1260. The molecular formula is C31H38N2O7. The molecule has 2 aliphatic carbocycles. The molecule has 0 saturated carbocycles. The Labute approximate surface area is 234 Å². The third-order valence-electron chi connectivity index (χ3n) is 6.81. The van der Waals surface area contributed by atoms with Crippen LogP contribution in [0.5, 0.6) is 0 Å². The maximum atomic E-state index is 12.8. The second-order valence-electron chi connectivity index (χ2n) is 10.4. The van der Waals surface area contributed by atoms with Crippen LogP contribution in [0.1, 0.15) is 59.8 Å². The maximum Gasteiger partial charge on any atom is 0.251 e. The van der Waals surface area contributed by atoms with E-state index in [1.54, 1.807) is 19.1 Å². The van der Waals surface area contributed by atoms with Crippen molar-refractivity contribution < 1.29 is 34.1 Å². The number of Topliss-reactive ketones (excluding diaryl/α,β-unsaturated/α-hetero) is 2. The van der Waals surface area contributed by atoms with Crippen molar-refractivity contribution in [2.24, 2.45) is 5.92 Å². The number of aliphatic hydroxyl groups excluding tert-OH is 1. The Balaban J connectivity index is 1.60. The van der Waals surface area contributed by atoms with Crippen LogP contribution in [-0.2, 0) is 23.9 Å². The lowest BCUT2D eigenvalue weighted by Crippen LogP contribution is -2.42. The summed E-state index contributed by atoms with van der Waals surface area (Å²) in [5, 5.41) is 25.7. The highest BCUT2D eigenvalue weighted by Gasteiger charge is 2.59. The number of hydrogen-bond acceptors (Lipinski definition) is 7. The van der Waals surface area contributed by atoms with Gasteiger partial charge in [0.05, 0.1) is 5.70 Å². The van der Waals surface area contributed by atoms with E-state index in [0.717, 1.165) is 24.8 Å². The van der Waals surface area contributed by atoms with Crippen LogP contribution in [0.3, 0.4) is 0 Å². The number of epoxide rings is 1. The van der Waals surface area contributed by atoms with Crippen LogP contribution < -0.4 is 10.6 Å². The molecule has 0 spiro atoms. The first-order valence-corrected chi connectivity index (χ1v) is 13.6. The Morgan fingerprint density at radius 2 is 1.88 bits per heavy atom. The molecule has 1 aliphatic heterocycles. The van der Waals surface area contributed by atoms with E-state index in [1.165, 1.54) is 36.5 Å². The van der Waals surface area contributed by atoms with E-state index in [-0.39, 0.29) is 35.8 Å². The van der Waals surface area contributed by atoms with Crippen molar-refractivity contribution >= 4 is 23.4 Å². The van der Waals surface area contributed by atoms with Gasteiger partial charge in [-0.3, -0.25) is 19.2 Å². The van der Waals surface area contributed by atoms with Gasteiger partial charge >= 0.3 is 0 Å². The van der Waals surface area contributed by atoms with Gasteiger partial charge in [0.2, 0.25) is 11.7 Å². The SMILES string of the molecule is CCCC[C@@H](C)C=C(C)/C=C(\C)C(=O)NC1=C[C@@](O)(/C=C/C=CC=CC(=O)NC2=C(O)CCC2=O)[C@@H]2O[C@@H]2C1=O. The molecule has 9 nitrogen and oxygen atoms in total. The van der Waals surface area contributed by atoms with Crippen LogP contribution in [0.25, 0.3) is 0 Å². The summed E-state index contributed by atoms with van der Waals surface area (Å²) in [5.74, 6) is -1.43. The fraction of sp³-hybridized carbons (Fsp3) is 0.419. The highest BCUT2D eigenvalue weighted by atomic mass is 16.6. The molecule has 1 saturated heterocycles. The van der Waals surface area contributed by atoms with E-state index in [0.29, 0.717) is 11.5 Å². The Hall–Kier alpha value is -3.82. The van der Waals surface area contributed by atoms with Gasteiger partial charge in [-0.1, -0.05) is 68.7 Å². The minimum Gasteiger partial charge on any atom is -0.510 e. The van der Waals surface area contributed by atoms with Gasteiger partial charge in [-0.2, -0.15) is 0 Å². The first-order chi connectivity index (χ1) is 18.9. The number of aliphatic hydroxyl groups is 2. The Morgan fingerprint density at radius 1 is 1.15 bits per heavy atom. The van der Waals surface area contributed by atoms with Crippen LogP contribution >= 0.6 is 0 Å². The summed E-state index contributed by atoms with van der Waals surface area (Å²) in [6.07, 6.45) is 16.0. The molecule has 0 bridgehead atoms. The van der Waals surface area contributed by atoms with Gasteiger partial charge in [-0.05, 0) is 38.3 Å². The van der Waals surface area contributed by atoms with Gasteiger partial charge in [-0.15, -0.1) is 0 Å². The third-order valence-corrected chi connectivity index (χ3v) is 6.81. The summed E-state index contributed by atoms with van der Waals surface area (Å²) in [6.45, 7) is 7.90. The first-order valence-electron chi connectivity index (χ1n) is 13.6. The number of amides is 2. The summed E-state index contributed by atoms with van der Waals surface area (Å²) >= 11 is 0. The zero-order valence-corrected chi connectivity index (χ0v) is 23.4. The summed E-state index contributed by atoms with van der Waals surface area (Å²) in [6, 6.07) is 0. The van der Waals surface area contributed by atoms with Crippen LogP contribution in [0.15, 0.2) is 83.0 Å². The molecule has 4 N–H and O–H groups in total. The van der Waals surface area contributed by atoms with E-state index in [1.807, 2.05) is 6.92 Å². The average molecular weight is 551 g/mol. The number of fused-ring (bicyclic) bond motifs is 1. The van der Waals surface area contributed by atoms with Gasteiger partial charge in [-0.25, -0.2) is 0 Å². The van der Waals surface area contributed by atoms with Crippen molar-refractivity contribution in [1.29, 1.82) is 0 Å². The summed E-state index contributed by atoms with van der Waals surface area (Å²) in [4.78, 5) is 49.0. The van der Waals surface area contributed by atoms with Gasteiger partial charge in [0, 0.05) is 24.5 Å². The summed E-state index contributed by atoms with van der Waals surface area (Å²) in [7, 11) is 0. The van der Waals surface area contributed by atoms with Gasteiger partial charge in [0.25, 0.3) is 5.91 Å². The van der Waals surface area contributed by atoms with E-state index < -0.39 is 35.4 Å². The summed E-state index contributed by atoms with van der Waals surface area (Å²) in [5.41, 5.74) is -0.310. The van der Waals surface area contributed by atoms with E-state index in [2.05, 4.69) is 30.6 Å². The average Bonchev–Trinajstić information content (AvgIpc) is 3.66. The quantitative estimate of drug-likeness (QED) is 0.165. The fourth-order valence-electron chi connectivity index (χ4n) is 4.61. The lowest BCUT2D eigenvalue weighted by atomic mass is 9.88. The smallest absolute Gasteiger partial charge is 0.251 e. The van der Waals surface area contributed by atoms with Crippen LogP contribution in [-0.4, -0.2) is 51.4 Å². The molecule has 3 aliphatic rings. The molecule has 1 fully saturated rings. The monoisotopic (exact) mass is 550 g/mol. The number of carbonyl (C=O) groups excluding carboxylic acids is 4. The number of ether oxygens (including phenoxy) is 1. The standard InChI is InChI=1S/C31H38N2O7/c1-5-6-11-19(2)16-20(3)17-21(4)30(38)32-22-18-31(39,29-28(40-29)27(22)37)15-10-8-7-9-12-25(36)33-26-23(34)13-14-24(26)35/h7-10,12,15-19,28-29,34,39H,5-6,11,13-14H2,1-4H3,(H,32,38)(H,33,36)/b8-7?,12-9?,15-10+,20-16?,21-17+/t19-,28-,29-,31+/m1/s1. The number of rotatable bonds is 12. The molecule has 0 aromatic rings. The van der Waals surface area contributed by atoms with Crippen LogP contribution in [0.2, 0.25) is 0 Å². The van der Waals surface area contributed by atoms with Crippen molar-refractivity contribution in [3.8, 4) is 0 Å². The number of unbranched alkanes of at least 4 members (excludes halogenated alkanes) is 1. The predicted octanol–water partition coefficient (Wildman–Crippen LogP) is 3.70. The van der Waals surface area contributed by atoms with E-state index in [4.69, 9.17) is 4.74 Å². The molecule has 2 amide bonds. The van der Waals surface area contributed by atoms with E-state index in [9.17, 15) is 29.4 Å². The highest BCUT2D eigenvalue weighted by Crippen LogP contribution is 2.40. The molecule has 1 heterocycles. The number of ketones is 2. The van der Waals surface area contributed by atoms with Gasteiger partial charge < -0.3 is 25.6 Å². The fourth-order valence-corrected chi connectivity index (χ4v) is 4.61. The van der Waals surface area contributed by atoms with E-state index >= 15 is 0 Å². The molecule has 40 heavy (non-hydrogen) atoms. The molecule has 214 valence electrons. The Kier molecular flexibility index (Phi) is 10.4. The number of allylic oxidation sites excluding steroid dienone is 9. The minimum atomic E-state index is -1.61. The maximum absolute atomic E-state index is 12.8. The van der Waals surface area contributed by atoms with Gasteiger partial charge in [0.15, 0.2) is 11.9 Å². The molecule has 3 rings (SSSR count). The Morgan fingerprint density at radius 3 is 2.55 bits per heavy atom. The minimum absolute atomic E-state index is 0.0267. The largest absolute Gasteiger partial charge is 0.510 e. The zero-order valence-electron chi connectivity index (χ0n) is 23.4. The number of nitrogens with one attached hydrogen (secondary N) is 2. The zero-order chi connectivity index (χ0) is 29.4. The molecule has 4 atom stereocenters. The molecule has 0 aromatic carbocycles. The predicted molar refractivity (Wildman–Crippen MR) is 151 cm³/mol. The normalized spacial score (nSPS) is 26.1. The van der Waals surface area contributed by atoms with Crippen molar-refractivity contribution in [3.05, 3.63) is 83.0 Å². The molecule has 0 unspecified atom stereocenters. The lowest BCUT2D eigenvalue weighted by molar-refractivity contribution is -0.121. The molecular weight excluding hydrogens is 512 g/mol. The number of carbonyl (C=O) groups is 4. The molecule has 0 radical (unpaired) electrons. The number of hydrogen-bond donors (Lipinski definition) is 4. The van der Waals surface area contributed by atoms with Crippen molar-refractivity contribution in [2.45, 2.75) is 77.6 Å². The van der Waals surface area contributed by atoms with Crippen molar-refractivity contribution in [2.75, 3.05) is 0 Å². The van der Waals surface area contributed by atoms with Crippen LogP contribution in [0.4, 0.5) is 0 Å². The third kappa shape index (κ3) is 8.09. The lowest BCUT2D eigenvalue weighted by Gasteiger charge is -2.23. The second-order valence-corrected chi connectivity index (χ2v) is 10.4. The summed E-state index contributed by atoms with van der Waals surface area (Å²) < 4.78 is 5.39. The van der Waals surface area contributed by atoms with Crippen molar-refractivity contribution in [3.63, 3.8) is 0 Å². The first kappa shape index (κ1) is 30.7. The van der Waals surface area contributed by atoms with Crippen molar-refractivity contribution in [1.82, 2.24) is 10.6 Å². The van der Waals surface area contributed by atoms with Crippen LogP contribution in [0, 0.1) is 5.92 Å². The van der Waals surface area contributed by atoms with Gasteiger partial charge in [0.1, 0.15) is 23.2 Å². The second kappa shape index (κ2) is 13.5. The molecule has 9 heteroatoms. The molecule has 0 aromatic heterocycles. The topological polar surface area (TPSA) is 145 Å².